The van der Waals surface area contributed by atoms with Gasteiger partial charge in [-0.15, -0.1) is 0 Å². The lowest BCUT2D eigenvalue weighted by Gasteiger charge is -2.22. The molecule has 2 aromatic carbocycles. The molecule has 0 spiro atoms. The summed E-state index contributed by atoms with van der Waals surface area (Å²) >= 11 is 13.4. The molecule has 0 aliphatic carbocycles. The van der Waals surface area contributed by atoms with Crippen LogP contribution in [0.2, 0.25) is 5.02 Å². The lowest BCUT2D eigenvalue weighted by atomic mass is 9.97. The van der Waals surface area contributed by atoms with Gasteiger partial charge in [-0.1, -0.05) is 56.5 Å². The Hall–Kier alpha value is -0.420. The number of halogens is 4. The van der Waals surface area contributed by atoms with Crippen LogP contribution in [0.4, 0.5) is 4.39 Å². The molecule has 2 aromatic rings. The molecule has 0 fully saturated rings. The maximum absolute atomic E-state index is 13.3. The topological polar surface area (TPSA) is 12.0 Å². The smallest absolute Gasteiger partial charge is 0.124 e. The lowest BCUT2D eigenvalue weighted by molar-refractivity contribution is 0.612. The molecule has 0 radical (unpaired) electrons. The third-order valence-corrected chi connectivity index (χ3v) is 5.14. The average Bonchev–Trinajstić information content (AvgIpc) is 2.41. The van der Waals surface area contributed by atoms with Crippen LogP contribution in [0.3, 0.4) is 0 Å². The highest BCUT2D eigenvalue weighted by Crippen LogP contribution is 2.35. The molecule has 21 heavy (non-hydrogen) atoms. The highest BCUT2D eigenvalue weighted by Gasteiger charge is 2.20. The molecule has 1 unspecified atom stereocenters. The van der Waals surface area contributed by atoms with E-state index in [1.54, 1.807) is 6.07 Å². The van der Waals surface area contributed by atoms with E-state index in [0.29, 0.717) is 5.02 Å². The van der Waals surface area contributed by atoms with Crippen molar-refractivity contribution in [2.24, 2.45) is 0 Å². The Kier molecular flexibility index (Phi) is 5.83. The molecule has 1 nitrogen and oxygen atoms in total. The van der Waals surface area contributed by atoms with Crippen molar-refractivity contribution < 1.29 is 4.39 Å². The predicted octanol–water partition coefficient (Wildman–Crippen LogP) is 6.01. The monoisotopic (exact) mass is 433 g/mol. The van der Waals surface area contributed by atoms with Gasteiger partial charge >= 0.3 is 0 Å². The number of hydrogen-bond acceptors (Lipinski definition) is 1. The Balaban J connectivity index is 2.55. The molecule has 0 saturated carbocycles. The summed E-state index contributed by atoms with van der Waals surface area (Å²) in [6.07, 6.45) is 0. The normalized spacial score (nSPS) is 12.5. The molecule has 0 amide bonds. The van der Waals surface area contributed by atoms with Gasteiger partial charge in [-0.05, 0) is 54.4 Å². The zero-order chi connectivity index (χ0) is 15.6. The number of aryl methyl sites for hydroxylation is 1. The second kappa shape index (κ2) is 7.23. The molecule has 2 rings (SSSR count). The number of hydrogen-bond donors (Lipinski definition) is 1. The summed E-state index contributed by atoms with van der Waals surface area (Å²) in [5.41, 5.74) is 3.06. The molecular formula is C16H15Br2ClFN. The van der Waals surface area contributed by atoms with E-state index in [9.17, 15) is 4.39 Å². The van der Waals surface area contributed by atoms with Crippen molar-refractivity contribution in [3.63, 3.8) is 0 Å². The van der Waals surface area contributed by atoms with Gasteiger partial charge in [-0.2, -0.15) is 0 Å². The fourth-order valence-corrected chi connectivity index (χ4v) is 3.53. The average molecular weight is 436 g/mol. The molecule has 1 atom stereocenters. The number of nitrogens with one attached hydrogen (secondary N) is 1. The second-order valence-corrected chi connectivity index (χ2v) is 6.90. The maximum atomic E-state index is 13.3. The third kappa shape index (κ3) is 3.86. The van der Waals surface area contributed by atoms with E-state index in [4.69, 9.17) is 11.6 Å². The predicted molar refractivity (Wildman–Crippen MR) is 93.5 cm³/mol. The van der Waals surface area contributed by atoms with Crippen molar-refractivity contribution in [3.8, 4) is 0 Å². The van der Waals surface area contributed by atoms with Crippen LogP contribution in [0.15, 0.2) is 39.3 Å². The van der Waals surface area contributed by atoms with Gasteiger partial charge in [0.2, 0.25) is 0 Å². The summed E-state index contributed by atoms with van der Waals surface area (Å²) in [6, 6.07) is 8.52. The lowest BCUT2D eigenvalue weighted by Crippen LogP contribution is -2.23. The molecule has 0 saturated heterocycles. The first-order valence-corrected chi connectivity index (χ1v) is 8.54. The van der Waals surface area contributed by atoms with E-state index in [1.807, 2.05) is 13.8 Å². The standard InChI is InChI=1S/C16H15Br2ClFN/c1-3-21-16(11-5-4-10(20)7-15(11)19)12-8-13(17)9(2)6-14(12)18/h4-8,16,21H,3H2,1-2H3. The third-order valence-electron chi connectivity index (χ3n) is 3.27. The summed E-state index contributed by atoms with van der Waals surface area (Å²) in [7, 11) is 0. The van der Waals surface area contributed by atoms with E-state index >= 15 is 0 Å². The zero-order valence-electron chi connectivity index (χ0n) is 11.7. The second-order valence-electron chi connectivity index (χ2n) is 4.78. The molecule has 0 aliphatic rings. The summed E-state index contributed by atoms with van der Waals surface area (Å²) < 4.78 is 15.3. The highest BCUT2D eigenvalue weighted by molar-refractivity contribution is 9.11. The Morgan fingerprint density at radius 3 is 2.48 bits per heavy atom. The van der Waals surface area contributed by atoms with Gasteiger partial charge in [0.1, 0.15) is 5.82 Å². The van der Waals surface area contributed by atoms with Crippen LogP contribution in [0.5, 0.6) is 0 Å². The molecular weight excluding hydrogens is 420 g/mol. The van der Waals surface area contributed by atoms with E-state index in [0.717, 1.165) is 32.2 Å². The largest absolute Gasteiger partial charge is 0.306 e. The van der Waals surface area contributed by atoms with Crippen LogP contribution in [0.1, 0.15) is 29.7 Å². The van der Waals surface area contributed by atoms with Gasteiger partial charge in [-0.3, -0.25) is 0 Å². The van der Waals surface area contributed by atoms with Crippen molar-refractivity contribution in [3.05, 3.63) is 66.8 Å². The molecule has 0 aliphatic heterocycles. The van der Waals surface area contributed by atoms with Crippen LogP contribution >= 0.6 is 43.5 Å². The van der Waals surface area contributed by atoms with Crippen molar-refractivity contribution in [2.75, 3.05) is 6.54 Å². The minimum atomic E-state index is -0.330. The van der Waals surface area contributed by atoms with E-state index in [2.05, 4.69) is 49.3 Å². The van der Waals surface area contributed by atoms with Gasteiger partial charge in [0.15, 0.2) is 0 Å². The zero-order valence-corrected chi connectivity index (χ0v) is 15.6. The van der Waals surface area contributed by atoms with Crippen LogP contribution in [-0.2, 0) is 0 Å². The minimum Gasteiger partial charge on any atom is -0.306 e. The van der Waals surface area contributed by atoms with Crippen molar-refractivity contribution in [1.29, 1.82) is 0 Å². The first-order chi connectivity index (χ1) is 9.93. The molecule has 0 aromatic heterocycles. The van der Waals surface area contributed by atoms with Gasteiger partial charge < -0.3 is 5.32 Å². The van der Waals surface area contributed by atoms with E-state index in [1.165, 1.54) is 12.1 Å². The van der Waals surface area contributed by atoms with Crippen LogP contribution in [-0.4, -0.2) is 6.54 Å². The number of benzene rings is 2. The Labute approximate surface area is 146 Å². The quantitative estimate of drug-likeness (QED) is 0.620. The first kappa shape index (κ1) is 16.9. The minimum absolute atomic E-state index is 0.102. The Bertz CT molecular complexity index is 661. The van der Waals surface area contributed by atoms with Crippen molar-refractivity contribution in [2.45, 2.75) is 19.9 Å². The van der Waals surface area contributed by atoms with E-state index < -0.39 is 0 Å². The molecule has 112 valence electrons. The van der Waals surface area contributed by atoms with Crippen LogP contribution in [0.25, 0.3) is 0 Å². The SMILES string of the molecule is CCNC(c1ccc(F)cc1Cl)c1cc(Br)c(C)cc1Br. The fourth-order valence-electron chi connectivity index (χ4n) is 2.21. The molecule has 1 N–H and O–H groups in total. The van der Waals surface area contributed by atoms with Crippen LogP contribution < -0.4 is 5.32 Å². The maximum Gasteiger partial charge on any atom is 0.124 e. The van der Waals surface area contributed by atoms with E-state index in [-0.39, 0.29) is 11.9 Å². The fraction of sp³-hybridized carbons (Fsp3) is 0.250. The highest BCUT2D eigenvalue weighted by atomic mass is 79.9. The first-order valence-electron chi connectivity index (χ1n) is 6.58. The van der Waals surface area contributed by atoms with Crippen molar-refractivity contribution in [1.82, 2.24) is 5.32 Å². The van der Waals surface area contributed by atoms with Gasteiger partial charge in [0.05, 0.1) is 6.04 Å². The Morgan fingerprint density at radius 2 is 1.86 bits per heavy atom. The van der Waals surface area contributed by atoms with Gasteiger partial charge in [-0.25, -0.2) is 4.39 Å². The summed E-state index contributed by atoms with van der Waals surface area (Å²) in [5, 5.41) is 3.83. The van der Waals surface area contributed by atoms with Crippen molar-refractivity contribution >= 4 is 43.5 Å². The summed E-state index contributed by atoms with van der Waals surface area (Å²) in [5.74, 6) is -0.330. The van der Waals surface area contributed by atoms with Gasteiger partial charge in [0.25, 0.3) is 0 Å². The summed E-state index contributed by atoms with van der Waals surface area (Å²) in [4.78, 5) is 0. The van der Waals surface area contributed by atoms with Gasteiger partial charge in [0, 0.05) is 14.0 Å². The number of rotatable bonds is 4. The molecule has 0 bridgehead atoms. The summed E-state index contributed by atoms with van der Waals surface area (Å²) in [6.45, 7) is 4.84. The Morgan fingerprint density at radius 1 is 1.14 bits per heavy atom. The molecule has 0 heterocycles. The van der Waals surface area contributed by atoms with Crippen LogP contribution in [0, 0.1) is 12.7 Å². The molecule has 5 heteroatoms.